The zero-order valence-electron chi connectivity index (χ0n) is 4.63. The van der Waals surface area contributed by atoms with Gasteiger partial charge in [0.05, 0.1) is 0 Å². The number of carbonyl (C=O) groups is 1. The minimum atomic E-state index is -0.891. The van der Waals surface area contributed by atoms with Gasteiger partial charge in [-0.1, -0.05) is 6.08 Å². The summed E-state index contributed by atoms with van der Waals surface area (Å²) in [5, 5.41) is 7.83. The van der Waals surface area contributed by atoms with Gasteiger partial charge in [0, 0.05) is 27.1 Å². The summed E-state index contributed by atoms with van der Waals surface area (Å²) < 4.78 is 0. The van der Waals surface area contributed by atoms with Crippen molar-refractivity contribution in [3.8, 4) is 0 Å². The third kappa shape index (κ3) is 15.9. The van der Waals surface area contributed by atoms with Crippen LogP contribution in [0.5, 0.6) is 0 Å². The van der Waals surface area contributed by atoms with Gasteiger partial charge >= 0.3 is 30.4 Å². The molecular weight excluding hydrogens is 298 g/mol. The van der Waals surface area contributed by atoms with Gasteiger partial charge in [-0.25, -0.2) is 4.79 Å². The molecule has 0 fully saturated rings. The zero-order chi connectivity index (χ0) is 4.99. The summed E-state index contributed by atoms with van der Waals surface area (Å²) in [7, 11) is 0. The molecule has 0 aliphatic rings. The summed E-state index contributed by atoms with van der Waals surface area (Å²) in [5.41, 5.74) is 0. The molecule has 0 saturated heterocycles. The molecule has 0 aliphatic carbocycles. The second-order valence-electron chi connectivity index (χ2n) is 0.838. The first-order valence-electron chi connectivity index (χ1n) is 1.63. The van der Waals surface area contributed by atoms with Crippen LogP contribution in [0.2, 0.25) is 0 Å². The van der Waals surface area contributed by atoms with Crippen LogP contribution in [-0.4, -0.2) is 35.5 Å². The van der Waals surface area contributed by atoms with Gasteiger partial charge in [-0.15, -0.1) is 0 Å². The molecule has 0 aliphatic heterocycles. The quantitative estimate of drug-likeness (QED) is 0.522. The summed E-state index contributed by atoms with van der Waals surface area (Å²) in [6, 6.07) is 0. The van der Waals surface area contributed by atoms with Crippen LogP contribution >= 0.6 is 0 Å². The molecule has 0 unspecified atom stereocenters. The van der Waals surface area contributed by atoms with E-state index in [0.717, 1.165) is 6.08 Å². The molecule has 0 aromatic rings. The molecule has 0 heterocycles. The Balaban J connectivity index is -0.000000125. The third-order valence-electron chi connectivity index (χ3n) is 0.309. The second-order valence-corrected chi connectivity index (χ2v) is 0.838. The molecule has 2 nitrogen and oxygen atoms in total. The van der Waals surface area contributed by atoms with E-state index in [9.17, 15) is 4.79 Å². The fourth-order valence-electron chi connectivity index (χ4n) is 0.143. The predicted octanol–water partition coefficient (Wildman–Crippen LogP) is -0.539. The molecule has 0 aromatic carbocycles. The Bertz CT molecular complexity index is 82.1. The first kappa shape index (κ1) is 15.9. The van der Waals surface area contributed by atoms with E-state index < -0.39 is 5.97 Å². The van der Waals surface area contributed by atoms with Crippen LogP contribution in [0, 0.1) is 0 Å². The Hall–Kier alpha value is 0.716. The zero-order valence-corrected chi connectivity index (χ0v) is 10.7. The SMILES string of the molecule is C/C=C/C(=O)O.[Mo].[SbH3]. The van der Waals surface area contributed by atoms with Crippen LogP contribution in [0.15, 0.2) is 12.2 Å². The van der Waals surface area contributed by atoms with Crippen LogP contribution in [0.25, 0.3) is 0 Å². The van der Waals surface area contributed by atoms with Crippen molar-refractivity contribution < 1.29 is 31.0 Å². The van der Waals surface area contributed by atoms with E-state index in [2.05, 4.69) is 0 Å². The fourth-order valence-corrected chi connectivity index (χ4v) is 0.143. The first-order chi connectivity index (χ1) is 2.77. The number of hydrogen-bond acceptors (Lipinski definition) is 1. The van der Waals surface area contributed by atoms with Gasteiger partial charge in [-0.05, 0) is 6.92 Å². The molecule has 8 heavy (non-hydrogen) atoms. The van der Waals surface area contributed by atoms with Gasteiger partial charge in [-0.3, -0.25) is 0 Å². The Kier molecular flexibility index (Phi) is 21.1. The van der Waals surface area contributed by atoms with Crippen LogP contribution in [0.4, 0.5) is 0 Å². The van der Waals surface area contributed by atoms with E-state index in [-0.39, 0.29) is 45.5 Å². The molecule has 48 valence electrons. The number of carboxylic acids is 1. The number of aliphatic carboxylic acids is 1. The second kappa shape index (κ2) is 10.7. The van der Waals surface area contributed by atoms with E-state index in [0.29, 0.717) is 0 Å². The molecule has 0 rings (SSSR count). The maximum absolute atomic E-state index is 9.51. The Morgan fingerprint density at radius 1 is 1.62 bits per heavy atom. The van der Waals surface area contributed by atoms with Gasteiger partial charge in [0.15, 0.2) is 0 Å². The predicted molar refractivity (Wildman–Crippen MR) is 32.4 cm³/mol. The Labute approximate surface area is 80.1 Å². The van der Waals surface area contributed by atoms with E-state index in [1.54, 1.807) is 6.92 Å². The molecule has 0 spiro atoms. The molecule has 0 bridgehead atoms. The van der Waals surface area contributed by atoms with E-state index >= 15 is 0 Å². The average molecular weight is 307 g/mol. The molecule has 0 radical (unpaired) electrons. The van der Waals surface area contributed by atoms with Crippen molar-refractivity contribution in [1.29, 1.82) is 0 Å². The van der Waals surface area contributed by atoms with Crippen molar-refractivity contribution in [2.45, 2.75) is 6.92 Å². The van der Waals surface area contributed by atoms with Gasteiger partial charge in [0.1, 0.15) is 0 Å². The van der Waals surface area contributed by atoms with Gasteiger partial charge in [0.2, 0.25) is 0 Å². The van der Waals surface area contributed by atoms with Crippen LogP contribution in [0.3, 0.4) is 0 Å². The average Bonchev–Trinajstić information content (AvgIpc) is 1.35. The number of allylic oxidation sites excluding steroid dienone is 1. The summed E-state index contributed by atoms with van der Waals surface area (Å²) in [5.74, 6) is -0.891. The van der Waals surface area contributed by atoms with E-state index in [4.69, 9.17) is 5.11 Å². The standard InChI is InChI=1S/C4H6O2.Mo.Sb.3H/c1-2-3-4(5)6;;;;;/h2-3H,1H3,(H,5,6);;;;;/b3-2+;;;;;. The number of carboxylic acid groups (broad SMARTS) is 1. The molecule has 0 aromatic heterocycles. The van der Waals surface area contributed by atoms with Crippen molar-refractivity contribution in [1.82, 2.24) is 0 Å². The molecule has 0 atom stereocenters. The number of hydrogen-bond donors (Lipinski definition) is 1. The summed E-state index contributed by atoms with van der Waals surface area (Å²) in [6.07, 6.45) is 2.56. The summed E-state index contributed by atoms with van der Waals surface area (Å²) in [6.45, 7) is 1.66. The Morgan fingerprint density at radius 3 is 2.00 bits per heavy atom. The molecule has 4 heteroatoms. The van der Waals surface area contributed by atoms with Gasteiger partial charge < -0.3 is 5.11 Å². The third-order valence-corrected chi connectivity index (χ3v) is 0.309. The van der Waals surface area contributed by atoms with Crippen LogP contribution in [0.1, 0.15) is 6.92 Å². The van der Waals surface area contributed by atoms with Crippen molar-refractivity contribution in [3.05, 3.63) is 12.2 Å². The van der Waals surface area contributed by atoms with Gasteiger partial charge in [-0.2, -0.15) is 0 Å². The van der Waals surface area contributed by atoms with Crippen molar-refractivity contribution >= 4 is 30.4 Å². The van der Waals surface area contributed by atoms with Crippen molar-refractivity contribution in [2.75, 3.05) is 0 Å². The maximum atomic E-state index is 9.51. The van der Waals surface area contributed by atoms with Gasteiger partial charge in [0.25, 0.3) is 0 Å². The monoisotopic (exact) mass is 308 g/mol. The van der Waals surface area contributed by atoms with Crippen molar-refractivity contribution in [2.24, 2.45) is 0 Å². The topological polar surface area (TPSA) is 37.3 Å². The van der Waals surface area contributed by atoms with E-state index in [1.165, 1.54) is 6.08 Å². The molecule has 1 N–H and O–H groups in total. The Morgan fingerprint density at radius 2 is 2.00 bits per heavy atom. The summed E-state index contributed by atoms with van der Waals surface area (Å²) >= 11 is 0. The first-order valence-corrected chi connectivity index (χ1v) is 1.63. The molecule has 0 saturated carbocycles. The normalized spacial score (nSPS) is 7.12. The van der Waals surface area contributed by atoms with Crippen LogP contribution in [-0.2, 0) is 25.9 Å². The minimum absolute atomic E-state index is 0. The van der Waals surface area contributed by atoms with Crippen LogP contribution < -0.4 is 0 Å². The summed E-state index contributed by atoms with van der Waals surface area (Å²) in [4.78, 5) is 9.51. The molecule has 0 amide bonds. The fraction of sp³-hybridized carbons (Fsp3) is 0.250. The molecular formula is C4H9MoO2Sb. The van der Waals surface area contributed by atoms with E-state index in [1.807, 2.05) is 0 Å². The number of rotatable bonds is 1. The van der Waals surface area contributed by atoms with Crippen molar-refractivity contribution in [3.63, 3.8) is 0 Å².